The van der Waals surface area contributed by atoms with Crippen LogP contribution in [0.4, 0.5) is 11.5 Å². The minimum absolute atomic E-state index is 0.0246. The van der Waals surface area contributed by atoms with Gasteiger partial charge in [0.1, 0.15) is 25.1 Å². The Bertz CT molecular complexity index is 665. The van der Waals surface area contributed by atoms with Crippen LogP contribution in [0.25, 0.3) is 0 Å². The summed E-state index contributed by atoms with van der Waals surface area (Å²) in [6.45, 7) is 2.12. The molecule has 0 saturated carbocycles. The summed E-state index contributed by atoms with van der Waals surface area (Å²) in [5.41, 5.74) is -0.0246. The molecule has 0 bridgehead atoms. The van der Waals surface area contributed by atoms with E-state index in [1.54, 1.807) is 6.92 Å². The predicted octanol–water partition coefficient (Wildman–Crippen LogP) is 2.09. The third-order valence-corrected chi connectivity index (χ3v) is 2.85. The van der Waals surface area contributed by atoms with Gasteiger partial charge in [-0.1, -0.05) is 0 Å². The number of non-ortho nitro benzene ring substituents is 1. The van der Waals surface area contributed by atoms with E-state index in [4.69, 9.17) is 4.74 Å². The van der Waals surface area contributed by atoms with Gasteiger partial charge in [0.05, 0.1) is 4.92 Å². The molecule has 0 unspecified atom stereocenters. The van der Waals surface area contributed by atoms with Crippen LogP contribution in [0.15, 0.2) is 30.5 Å². The average Bonchev–Trinajstić information content (AvgIpc) is 2.81. The van der Waals surface area contributed by atoms with Crippen LogP contribution in [0, 0.1) is 27.2 Å². The zero-order valence-electron chi connectivity index (χ0n) is 11.1. The lowest BCUT2D eigenvalue weighted by atomic mass is 10.3. The number of rotatable bonds is 6. The van der Waals surface area contributed by atoms with E-state index in [9.17, 15) is 20.2 Å². The Morgan fingerprint density at radius 3 is 2.43 bits per heavy atom. The van der Waals surface area contributed by atoms with Gasteiger partial charge in [-0.3, -0.25) is 10.1 Å². The lowest BCUT2D eigenvalue weighted by molar-refractivity contribution is -0.392. The Morgan fingerprint density at radius 2 is 1.86 bits per heavy atom. The van der Waals surface area contributed by atoms with Gasteiger partial charge in [-0.15, -0.1) is 0 Å². The normalized spacial score (nSPS) is 10.3. The molecule has 0 N–H and O–H groups in total. The molecule has 0 aliphatic rings. The molecular weight excluding hydrogens is 280 g/mol. The Labute approximate surface area is 119 Å². The molecule has 1 heterocycles. The number of benzene rings is 1. The maximum atomic E-state index is 10.8. The van der Waals surface area contributed by atoms with Gasteiger partial charge in [0, 0.05) is 19.1 Å². The summed E-state index contributed by atoms with van der Waals surface area (Å²) >= 11 is 0. The molecule has 0 atom stereocenters. The monoisotopic (exact) mass is 292 g/mol. The molecule has 9 nitrogen and oxygen atoms in total. The first-order chi connectivity index (χ1) is 9.99. The van der Waals surface area contributed by atoms with E-state index in [0.717, 1.165) is 0 Å². The SMILES string of the molecule is Cc1ncc([N+](=O)[O-])n1CCOc1ccc([N+](=O)[O-])cc1. The van der Waals surface area contributed by atoms with Crippen LogP contribution in [0.2, 0.25) is 0 Å². The Kier molecular flexibility index (Phi) is 4.12. The van der Waals surface area contributed by atoms with E-state index < -0.39 is 9.85 Å². The van der Waals surface area contributed by atoms with Crippen LogP contribution in [-0.2, 0) is 6.54 Å². The van der Waals surface area contributed by atoms with Crippen molar-refractivity contribution in [3.05, 3.63) is 56.5 Å². The maximum Gasteiger partial charge on any atom is 0.342 e. The highest BCUT2D eigenvalue weighted by Gasteiger charge is 2.17. The fourth-order valence-corrected chi connectivity index (χ4v) is 1.80. The van der Waals surface area contributed by atoms with Crippen molar-refractivity contribution in [3.63, 3.8) is 0 Å². The van der Waals surface area contributed by atoms with Crippen molar-refractivity contribution in [2.45, 2.75) is 13.5 Å². The number of aryl methyl sites for hydroxylation is 1. The summed E-state index contributed by atoms with van der Waals surface area (Å²) in [5, 5.41) is 21.3. The highest BCUT2D eigenvalue weighted by molar-refractivity contribution is 5.35. The summed E-state index contributed by atoms with van der Waals surface area (Å²) in [4.78, 5) is 24.2. The number of hydrogen-bond donors (Lipinski definition) is 0. The van der Waals surface area contributed by atoms with E-state index in [1.807, 2.05) is 0 Å². The lowest BCUT2D eigenvalue weighted by Gasteiger charge is -2.06. The standard InChI is InChI=1S/C12H12N4O5/c1-9-13-8-12(16(19)20)14(9)6-7-21-11-4-2-10(3-5-11)15(17)18/h2-5,8H,6-7H2,1H3. The van der Waals surface area contributed by atoms with Gasteiger partial charge in [0.15, 0.2) is 5.82 Å². The molecule has 1 aromatic carbocycles. The molecule has 110 valence electrons. The Balaban J connectivity index is 1.97. The highest BCUT2D eigenvalue weighted by atomic mass is 16.6. The molecule has 0 amide bonds. The predicted molar refractivity (Wildman–Crippen MR) is 72.2 cm³/mol. The van der Waals surface area contributed by atoms with Gasteiger partial charge in [-0.25, -0.2) is 9.55 Å². The van der Waals surface area contributed by atoms with Gasteiger partial charge in [-0.2, -0.15) is 0 Å². The van der Waals surface area contributed by atoms with Gasteiger partial charge in [0.2, 0.25) is 0 Å². The van der Waals surface area contributed by atoms with Crippen molar-refractivity contribution in [2.75, 3.05) is 6.61 Å². The van der Waals surface area contributed by atoms with Crippen molar-refractivity contribution in [1.29, 1.82) is 0 Å². The number of nitrogens with zero attached hydrogens (tertiary/aromatic N) is 4. The average molecular weight is 292 g/mol. The molecule has 0 aliphatic carbocycles. The minimum Gasteiger partial charge on any atom is -0.489 e. The quantitative estimate of drug-likeness (QED) is 0.595. The topological polar surface area (TPSA) is 113 Å². The van der Waals surface area contributed by atoms with E-state index in [1.165, 1.54) is 35.0 Å². The number of nitro groups is 2. The van der Waals surface area contributed by atoms with E-state index >= 15 is 0 Å². The molecule has 1 aromatic heterocycles. The molecule has 2 rings (SSSR count). The molecule has 0 spiro atoms. The van der Waals surface area contributed by atoms with Gasteiger partial charge in [-0.05, 0) is 17.1 Å². The molecule has 0 saturated heterocycles. The lowest BCUT2D eigenvalue weighted by Crippen LogP contribution is -2.11. The van der Waals surface area contributed by atoms with Crippen molar-refractivity contribution in [2.24, 2.45) is 0 Å². The van der Waals surface area contributed by atoms with Crippen LogP contribution in [0.1, 0.15) is 5.82 Å². The number of aromatic nitrogens is 2. The number of ether oxygens (including phenoxy) is 1. The molecule has 21 heavy (non-hydrogen) atoms. The minimum atomic E-state index is -0.508. The number of imidazole rings is 1. The van der Waals surface area contributed by atoms with Gasteiger partial charge < -0.3 is 14.9 Å². The number of nitro benzene ring substituents is 1. The van der Waals surface area contributed by atoms with E-state index in [2.05, 4.69) is 4.98 Å². The fourth-order valence-electron chi connectivity index (χ4n) is 1.80. The van der Waals surface area contributed by atoms with E-state index in [0.29, 0.717) is 11.6 Å². The summed E-state index contributed by atoms with van der Waals surface area (Å²) in [6.07, 6.45) is 1.20. The van der Waals surface area contributed by atoms with Crippen LogP contribution >= 0.6 is 0 Å². The van der Waals surface area contributed by atoms with Crippen molar-refractivity contribution in [1.82, 2.24) is 9.55 Å². The first kappa shape index (κ1) is 14.4. The van der Waals surface area contributed by atoms with Crippen molar-refractivity contribution >= 4 is 11.5 Å². The third kappa shape index (κ3) is 3.32. The van der Waals surface area contributed by atoms with Gasteiger partial charge >= 0.3 is 5.82 Å². The summed E-state index contributed by atoms with van der Waals surface area (Å²) in [6, 6.07) is 5.63. The van der Waals surface area contributed by atoms with Gasteiger partial charge in [0.25, 0.3) is 5.69 Å². The van der Waals surface area contributed by atoms with Crippen molar-refractivity contribution < 1.29 is 14.6 Å². The zero-order chi connectivity index (χ0) is 15.4. The second-order valence-electron chi connectivity index (χ2n) is 4.17. The fraction of sp³-hybridized carbons (Fsp3) is 0.250. The summed E-state index contributed by atoms with van der Waals surface area (Å²) in [7, 11) is 0. The largest absolute Gasteiger partial charge is 0.489 e. The first-order valence-electron chi connectivity index (χ1n) is 6.03. The van der Waals surface area contributed by atoms with Crippen LogP contribution in [0.5, 0.6) is 5.75 Å². The molecule has 2 aromatic rings. The van der Waals surface area contributed by atoms with Crippen LogP contribution < -0.4 is 4.74 Å². The second kappa shape index (κ2) is 5.99. The second-order valence-corrected chi connectivity index (χ2v) is 4.17. The highest BCUT2D eigenvalue weighted by Crippen LogP contribution is 2.18. The third-order valence-electron chi connectivity index (χ3n) is 2.85. The molecule has 0 fully saturated rings. The van der Waals surface area contributed by atoms with Crippen LogP contribution in [-0.4, -0.2) is 26.0 Å². The number of hydrogen-bond acceptors (Lipinski definition) is 6. The molecule has 0 aliphatic heterocycles. The Hall–Kier alpha value is -2.97. The summed E-state index contributed by atoms with van der Waals surface area (Å²) in [5.74, 6) is 0.884. The summed E-state index contributed by atoms with van der Waals surface area (Å²) < 4.78 is 6.85. The van der Waals surface area contributed by atoms with Crippen molar-refractivity contribution in [3.8, 4) is 5.75 Å². The molecule has 0 radical (unpaired) electrons. The molecule has 9 heteroatoms. The smallest absolute Gasteiger partial charge is 0.342 e. The van der Waals surface area contributed by atoms with Crippen LogP contribution in [0.3, 0.4) is 0 Å². The molecular formula is C12H12N4O5. The first-order valence-corrected chi connectivity index (χ1v) is 6.03. The van der Waals surface area contributed by atoms with E-state index in [-0.39, 0.29) is 24.7 Å². The Morgan fingerprint density at radius 1 is 1.19 bits per heavy atom. The maximum absolute atomic E-state index is 10.8. The zero-order valence-corrected chi connectivity index (χ0v) is 11.1.